The monoisotopic (exact) mass is 230 g/mol. The van der Waals surface area contributed by atoms with Crippen molar-refractivity contribution in [3.05, 3.63) is 29.0 Å². The van der Waals surface area contributed by atoms with Gasteiger partial charge in [-0.3, -0.25) is 0 Å². The Kier molecular flexibility index (Phi) is 3.12. The van der Waals surface area contributed by atoms with E-state index in [-0.39, 0.29) is 16.9 Å². The van der Waals surface area contributed by atoms with Gasteiger partial charge >= 0.3 is 0 Å². The Morgan fingerprint density at radius 2 is 2.20 bits per heavy atom. The number of ether oxygens (including phenoxy) is 1. The molecule has 1 fully saturated rings. The molecule has 1 aromatic rings. The highest BCUT2D eigenvalue weighted by atomic mass is 35.5. The largest absolute Gasteiger partial charge is 0.485 e. The van der Waals surface area contributed by atoms with E-state index in [9.17, 15) is 9.50 Å². The predicted octanol–water partition coefficient (Wildman–Crippen LogP) is 2.77. The summed E-state index contributed by atoms with van der Waals surface area (Å²) in [4.78, 5) is 0. The lowest BCUT2D eigenvalue weighted by Gasteiger charge is -2.17. The molecule has 2 nitrogen and oxygen atoms in total. The van der Waals surface area contributed by atoms with Crippen LogP contribution in [0.1, 0.15) is 19.3 Å². The van der Waals surface area contributed by atoms with Crippen molar-refractivity contribution in [2.45, 2.75) is 31.5 Å². The van der Waals surface area contributed by atoms with Crippen LogP contribution in [0.5, 0.6) is 5.75 Å². The van der Waals surface area contributed by atoms with E-state index in [1.807, 2.05) is 0 Å². The molecule has 0 spiro atoms. The maximum absolute atomic E-state index is 13.4. The minimum atomic E-state index is -0.557. The third-order valence-corrected chi connectivity index (χ3v) is 2.90. The fourth-order valence-electron chi connectivity index (χ4n) is 1.78. The first-order valence-corrected chi connectivity index (χ1v) is 5.35. The van der Waals surface area contributed by atoms with E-state index in [0.717, 1.165) is 12.8 Å². The molecule has 1 saturated carbocycles. The lowest BCUT2D eigenvalue weighted by molar-refractivity contribution is 0.0579. The number of hydrogen-bond donors (Lipinski definition) is 1. The summed E-state index contributed by atoms with van der Waals surface area (Å²) < 4.78 is 18.8. The van der Waals surface area contributed by atoms with E-state index in [1.165, 1.54) is 12.1 Å². The molecule has 2 rings (SSSR count). The van der Waals surface area contributed by atoms with Gasteiger partial charge in [-0.05, 0) is 31.4 Å². The molecule has 1 aliphatic rings. The number of rotatable bonds is 2. The summed E-state index contributed by atoms with van der Waals surface area (Å²) in [5.41, 5.74) is 0. The third kappa shape index (κ3) is 2.24. The van der Waals surface area contributed by atoms with Gasteiger partial charge < -0.3 is 9.84 Å². The summed E-state index contributed by atoms with van der Waals surface area (Å²) in [5.74, 6) is -0.438. The molecule has 1 aliphatic carbocycles. The highest BCUT2D eigenvalue weighted by molar-refractivity contribution is 6.30. The molecular formula is C11H12ClFO2. The van der Waals surface area contributed by atoms with E-state index >= 15 is 0 Å². The van der Waals surface area contributed by atoms with Crippen molar-refractivity contribution in [1.82, 2.24) is 0 Å². The molecule has 0 aromatic heterocycles. The second-order valence-electron chi connectivity index (χ2n) is 3.71. The Morgan fingerprint density at radius 3 is 2.87 bits per heavy atom. The van der Waals surface area contributed by atoms with Gasteiger partial charge in [0.15, 0.2) is 11.6 Å². The van der Waals surface area contributed by atoms with E-state index in [2.05, 4.69) is 0 Å². The van der Waals surface area contributed by atoms with Gasteiger partial charge in [-0.15, -0.1) is 0 Å². The van der Waals surface area contributed by atoms with E-state index in [4.69, 9.17) is 16.3 Å². The van der Waals surface area contributed by atoms with Crippen LogP contribution in [-0.2, 0) is 0 Å². The second kappa shape index (κ2) is 4.37. The average molecular weight is 231 g/mol. The van der Waals surface area contributed by atoms with Crippen LogP contribution in [0, 0.1) is 5.82 Å². The molecule has 0 radical (unpaired) electrons. The van der Waals surface area contributed by atoms with Gasteiger partial charge in [0.25, 0.3) is 0 Å². The van der Waals surface area contributed by atoms with Crippen molar-refractivity contribution in [3.8, 4) is 5.75 Å². The van der Waals surface area contributed by atoms with Crippen molar-refractivity contribution in [2.75, 3.05) is 0 Å². The standard InChI is InChI=1S/C11H12ClFO2/c12-7-3-1-6-10(11(7)13)15-9-5-2-4-8(9)14/h1,3,6,8-9,14H,2,4-5H2. The molecule has 0 amide bonds. The van der Waals surface area contributed by atoms with Gasteiger partial charge in [0.1, 0.15) is 6.10 Å². The quantitative estimate of drug-likeness (QED) is 0.847. The van der Waals surface area contributed by atoms with Crippen molar-refractivity contribution in [2.24, 2.45) is 0 Å². The van der Waals surface area contributed by atoms with Crippen molar-refractivity contribution in [3.63, 3.8) is 0 Å². The fourth-order valence-corrected chi connectivity index (χ4v) is 1.95. The van der Waals surface area contributed by atoms with E-state index in [1.54, 1.807) is 6.07 Å². The minimum Gasteiger partial charge on any atom is -0.485 e. The summed E-state index contributed by atoms with van der Waals surface area (Å²) >= 11 is 5.62. The fraction of sp³-hybridized carbons (Fsp3) is 0.455. The normalized spacial score (nSPS) is 25.5. The Morgan fingerprint density at radius 1 is 1.40 bits per heavy atom. The van der Waals surface area contributed by atoms with Gasteiger partial charge in [0.05, 0.1) is 11.1 Å². The number of halogens is 2. The van der Waals surface area contributed by atoms with Crippen LogP contribution >= 0.6 is 11.6 Å². The Balaban J connectivity index is 2.13. The third-order valence-electron chi connectivity index (χ3n) is 2.61. The molecule has 4 heteroatoms. The Bertz CT molecular complexity index is 356. The second-order valence-corrected chi connectivity index (χ2v) is 4.11. The first-order valence-electron chi connectivity index (χ1n) is 4.97. The van der Waals surface area contributed by atoms with Gasteiger partial charge in [-0.1, -0.05) is 17.7 Å². The van der Waals surface area contributed by atoms with Crippen LogP contribution in [0.3, 0.4) is 0 Å². The molecule has 0 aliphatic heterocycles. The highest BCUT2D eigenvalue weighted by Gasteiger charge is 2.27. The molecule has 2 atom stereocenters. The van der Waals surface area contributed by atoms with Crippen LogP contribution in [-0.4, -0.2) is 17.3 Å². The van der Waals surface area contributed by atoms with Crippen LogP contribution in [0.2, 0.25) is 5.02 Å². The van der Waals surface area contributed by atoms with Gasteiger partial charge in [0.2, 0.25) is 0 Å². The zero-order valence-corrected chi connectivity index (χ0v) is 8.88. The smallest absolute Gasteiger partial charge is 0.183 e. The molecule has 15 heavy (non-hydrogen) atoms. The van der Waals surface area contributed by atoms with Crippen LogP contribution in [0.4, 0.5) is 4.39 Å². The lowest BCUT2D eigenvalue weighted by Crippen LogP contribution is -2.26. The molecule has 2 unspecified atom stereocenters. The number of benzene rings is 1. The molecule has 0 heterocycles. The number of hydrogen-bond acceptors (Lipinski definition) is 2. The van der Waals surface area contributed by atoms with E-state index in [0.29, 0.717) is 6.42 Å². The summed E-state index contributed by atoms with van der Waals surface area (Å²) in [6.45, 7) is 0. The summed E-state index contributed by atoms with van der Waals surface area (Å²) in [5, 5.41) is 9.57. The Hall–Kier alpha value is -0.800. The number of aliphatic hydroxyl groups excluding tert-OH is 1. The van der Waals surface area contributed by atoms with Gasteiger partial charge in [-0.2, -0.15) is 0 Å². The average Bonchev–Trinajstić information content (AvgIpc) is 2.60. The summed E-state index contributed by atoms with van der Waals surface area (Å²) in [6.07, 6.45) is 1.58. The maximum Gasteiger partial charge on any atom is 0.183 e. The van der Waals surface area contributed by atoms with Gasteiger partial charge in [-0.25, -0.2) is 4.39 Å². The SMILES string of the molecule is OC1CCCC1Oc1cccc(Cl)c1F. The lowest BCUT2D eigenvalue weighted by atomic mass is 10.2. The molecule has 1 N–H and O–H groups in total. The highest BCUT2D eigenvalue weighted by Crippen LogP contribution is 2.29. The zero-order valence-electron chi connectivity index (χ0n) is 8.12. The number of aliphatic hydroxyl groups is 1. The van der Waals surface area contributed by atoms with E-state index < -0.39 is 11.9 Å². The topological polar surface area (TPSA) is 29.5 Å². The molecule has 1 aromatic carbocycles. The first-order chi connectivity index (χ1) is 7.18. The van der Waals surface area contributed by atoms with Crippen LogP contribution < -0.4 is 4.74 Å². The summed E-state index contributed by atoms with van der Waals surface area (Å²) in [6, 6.07) is 4.61. The van der Waals surface area contributed by atoms with Crippen molar-refractivity contribution >= 4 is 11.6 Å². The summed E-state index contributed by atoms with van der Waals surface area (Å²) in [7, 11) is 0. The van der Waals surface area contributed by atoms with Crippen molar-refractivity contribution in [1.29, 1.82) is 0 Å². The molecular weight excluding hydrogens is 219 g/mol. The van der Waals surface area contributed by atoms with Crippen LogP contribution in [0.25, 0.3) is 0 Å². The minimum absolute atomic E-state index is 0.0417. The first kappa shape index (κ1) is 10.7. The predicted molar refractivity (Wildman–Crippen MR) is 55.7 cm³/mol. The van der Waals surface area contributed by atoms with Crippen LogP contribution in [0.15, 0.2) is 18.2 Å². The van der Waals surface area contributed by atoms with Crippen molar-refractivity contribution < 1.29 is 14.2 Å². The molecule has 0 bridgehead atoms. The zero-order chi connectivity index (χ0) is 10.8. The maximum atomic E-state index is 13.4. The van der Waals surface area contributed by atoms with Gasteiger partial charge in [0, 0.05) is 0 Å². The molecule has 82 valence electrons. The Labute approximate surface area is 92.6 Å². The molecule has 0 saturated heterocycles.